The number of hydrogen-bond acceptors (Lipinski definition) is 5. The molecule has 100 valence electrons. The van der Waals surface area contributed by atoms with E-state index in [0.717, 1.165) is 0 Å². The first-order valence-electron chi connectivity index (χ1n) is 5.16. The van der Waals surface area contributed by atoms with Gasteiger partial charge in [0.1, 0.15) is 0 Å². The van der Waals surface area contributed by atoms with E-state index in [0.29, 0.717) is 0 Å². The third-order valence-corrected chi connectivity index (χ3v) is 4.11. The van der Waals surface area contributed by atoms with E-state index in [2.05, 4.69) is 4.72 Å². The van der Waals surface area contributed by atoms with Crippen LogP contribution < -0.4 is 4.72 Å². The van der Waals surface area contributed by atoms with Gasteiger partial charge in [-0.3, -0.25) is 10.1 Å². The summed E-state index contributed by atoms with van der Waals surface area (Å²) in [5.41, 5.74) is -0.185. The number of nitrogens with zero attached hydrogens (tertiary/aromatic N) is 1. The third kappa shape index (κ3) is 3.03. The van der Waals surface area contributed by atoms with Crippen molar-refractivity contribution in [3.05, 3.63) is 33.9 Å². The fraction of sp³-hybridized carbons (Fsp3) is 0.400. The maximum atomic E-state index is 12.0. The van der Waals surface area contributed by atoms with Crippen LogP contribution in [-0.2, 0) is 10.0 Å². The molecule has 0 saturated heterocycles. The number of nitrogens with one attached hydrogen (secondary N) is 1. The van der Waals surface area contributed by atoms with Crippen LogP contribution in [0, 0.1) is 17.0 Å². The maximum absolute atomic E-state index is 12.0. The second-order valence-electron chi connectivity index (χ2n) is 3.86. The Morgan fingerprint density at radius 1 is 1.50 bits per heavy atom. The van der Waals surface area contributed by atoms with Gasteiger partial charge >= 0.3 is 0 Å². The molecule has 1 aromatic rings. The van der Waals surface area contributed by atoms with Crippen molar-refractivity contribution in [3.8, 4) is 0 Å². The fourth-order valence-electron chi connectivity index (χ4n) is 1.46. The number of hydrogen-bond donors (Lipinski definition) is 2. The Labute approximate surface area is 105 Å². The van der Waals surface area contributed by atoms with Gasteiger partial charge in [-0.25, -0.2) is 13.1 Å². The minimum Gasteiger partial charge on any atom is -0.395 e. The Balaban J connectivity index is 3.26. The van der Waals surface area contributed by atoms with Crippen molar-refractivity contribution in [1.29, 1.82) is 0 Å². The third-order valence-electron chi connectivity index (χ3n) is 2.37. The van der Waals surface area contributed by atoms with Gasteiger partial charge in [-0.15, -0.1) is 0 Å². The molecule has 0 spiro atoms. The summed E-state index contributed by atoms with van der Waals surface area (Å²) >= 11 is 0. The second-order valence-corrected chi connectivity index (χ2v) is 5.54. The van der Waals surface area contributed by atoms with Crippen molar-refractivity contribution in [1.82, 2.24) is 4.72 Å². The lowest BCUT2D eigenvalue weighted by Gasteiger charge is -2.13. The Morgan fingerprint density at radius 2 is 2.11 bits per heavy atom. The molecule has 1 rings (SSSR count). The number of nitro groups is 1. The number of nitro benzene ring substituents is 1. The summed E-state index contributed by atoms with van der Waals surface area (Å²) in [6.45, 7) is 2.51. The molecular formula is C10H14N2O5S. The normalized spacial score (nSPS) is 13.3. The van der Waals surface area contributed by atoms with E-state index >= 15 is 0 Å². The van der Waals surface area contributed by atoms with E-state index in [9.17, 15) is 18.5 Å². The zero-order valence-electron chi connectivity index (χ0n) is 9.95. The topological polar surface area (TPSA) is 110 Å². The van der Waals surface area contributed by atoms with Crippen LogP contribution in [0.3, 0.4) is 0 Å². The van der Waals surface area contributed by atoms with Gasteiger partial charge in [0.05, 0.1) is 16.4 Å². The average Bonchev–Trinajstić information content (AvgIpc) is 2.27. The van der Waals surface area contributed by atoms with Gasteiger partial charge in [0.25, 0.3) is 5.69 Å². The van der Waals surface area contributed by atoms with Crippen molar-refractivity contribution >= 4 is 15.7 Å². The number of benzene rings is 1. The van der Waals surface area contributed by atoms with E-state index in [1.165, 1.54) is 32.0 Å². The summed E-state index contributed by atoms with van der Waals surface area (Å²) in [5.74, 6) is 0. The summed E-state index contributed by atoms with van der Waals surface area (Å²) in [7, 11) is -3.87. The van der Waals surface area contributed by atoms with Crippen LogP contribution in [0.15, 0.2) is 23.1 Å². The van der Waals surface area contributed by atoms with Gasteiger partial charge in [-0.1, -0.05) is 6.07 Å². The molecule has 0 bridgehead atoms. The molecular weight excluding hydrogens is 260 g/mol. The molecule has 0 radical (unpaired) electrons. The van der Waals surface area contributed by atoms with E-state index < -0.39 is 21.0 Å². The van der Waals surface area contributed by atoms with Crippen molar-refractivity contribution in [2.24, 2.45) is 0 Å². The standard InChI is InChI=1S/C10H14N2O5S/c1-7(6-13)11-18(16,17)10-5-3-4-9(8(10)2)12(14)15/h3-5,7,11,13H,6H2,1-2H3/t7-/m0/s1. The predicted octanol–water partition coefficient (Wildman–Crippen LogP) is 0.562. The first-order chi connectivity index (χ1) is 8.29. The minimum atomic E-state index is -3.87. The molecule has 2 N–H and O–H groups in total. The van der Waals surface area contributed by atoms with Crippen LogP contribution in [0.1, 0.15) is 12.5 Å². The smallest absolute Gasteiger partial charge is 0.273 e. The monoisotopic (exact) mass is 274 g/mol. The Kier molecular flexibility index (Phi) is 4.38. The molecule has 1 atom stereocenters. The van der Waals surface area contributed by atoms with Gasteiger partial charge in [-0.05, 0) is 19.9 Å². The largest absolute Gasteiger partial charge is 0.395 e. The van der Waals surface area contributed by atoms with Crippen molar-refractivity contribution in [2.75, 3.05) is 6.61 Å². The molecule has 0 aliphatic carbocycles. The molecule has 1 aromatic carbocycles. The van der Waals surface area contributed by atoms with E-state index in [1.807, 2.05) is 0 Å². The Morgan fingerprint density at radius 3 is 2.61 bits per heavy atom. The van der Waals surface area contributed by atoms with Crippen LogP contribution >= 0.6 is 0 Å². The minimum absolute atomic E-state index is 0.0696. The highest BCUT2D eigenvalue weighted by Crippen LogP contribution is 2.24. The highest BCUT2D eigenvalue weighted by molar-refractivity contribution is 7.89. The number of aliphatic hydroxyl groups is 1. The summed E-state index contributed by atoms with van der Waals surface area (Å²) in [5, 5.41) is 19.6. The lowest BCUT2D eigenvalue weighted by atomic mass is 10.2. The van der Waals surface area contributed by atoms with Gasteiger partial charge in [0.15, 0.2) is 0 Å². The molecule has 0 fully saturated rings. The van der Waals surface area contributed by atoms with Crippen LogP contribution in [0.25, 0.3) is 0 Å². The van der Waals surface area contributed by atoms with E-state index in [-0.39, 0.29) is 22.8 Å². The highest BCUT2D eigenvalue weighted by Gasteiger charge is 2.23. The molecule has 0 unspecified atom stereocenters. The summed E-state index contributed by atoms with van der Waals surface area (Å²) in [4.78, 5) is 9.94. The SMILES string of the molecule is Cc1c([N+](=O)[O-])cccc1S(=O)(=O)N[C@@H](C)CO. The zero-order valence-corrected chi connectivity index (χ0v) is 10.8. The molecule has 0 heterocycles. The summed E-state index contributed by atoms with van der Waals surface area (Å²) in [6, 6.07) is 3.18. The molecule has 8 heteroatoms. The van der Waals surface area contributed by atoms with E-state index in [1.54, 1.807) is 0 Å². The second kappa shape index (κ2) is 5.42. The predicted molar refractivity (Wildman–Crippen MR) is 64.7 cm³/mol. The maximum Gasteiger partial charge on any atom is 0.273 e. The number of rotatable bonds is 5. The van der Waals surface area contributed by atoms with Gasteiger partial charge in [0.2, 0.25) is 10.0 Å². The number of aliphatic hydroxyl groups excluding tert-OH is 1. The summed E-state index contributed by atoms with van der Waals surface area (Å²) in [6.07, 6.45) is 0. The van der Waals surface area contributed by atoms with Crippen LogP contribution in [0.2, 0.25) is 0 Å². The van der Waals surface area contributed by atoms with Crippen molar-refractivity contribution < 1.29 is 18.4 Å². The lowest BCUT2D eigenvalue weighted by Crippen LogP contribution is -2.35. The number of sulfonamides is 1. The Hall–Kier alpha value is -1.51. The van der Waals surface area contributed by atoms with Gasteiger partial charge in [0, 0.05) is 17.7 Å². The van der Waals surface area contributed by atoms with Gasteiger partial charge in [-0.2, -0.15) is 0 Å². The van der Waals surface area contributed by atoms with Gasteiger partial charge < -0.3 is 5.11 Å². The quantitative estimate of drug-likeness (QED) is 0.602. The highest BCUT2D eigenvalue weighted by atomic mass is 32.2. The molecule has 0 aromatic heterocycles. The average molecular weight is 274 g/mol. The molecule has 0 amide bonds. The fourth-order valence-corrected chi connectivity index (χ4v) is 2.95. The van der Waals surface area contributed by atoms with Crippen LogP contribution in [-0.4, -0.2) is 31.1 Å². The van der Waals surface area contributed by atoms with Crippen molar-refractivity contribution in [2.45, 2.75) is 24.8 Å². The summed E-state index contributed by atoms with van der Waals surface area (Å²) < 4.78 is 26.1. The molecule has 0 aliphatic rings. The Bertz CT molecular complexity index is 555. The molecule has 0 aliphatic heterocycles. The van der Waals surface area contributed by atoms with Crippen molar-refractivity contribution in [3.63, 3.8) is 0 Å². The first-order valence-corrected chi connectivity index (χ1v) is 6.65. The molecule has 7 nitrogen and oxygen atoms in total. The first kappa shape index (κ1) is 14.6. The zero-order chi connectivity index (χ0) is 13.9. The van der Waals surface area contributed by atoms with Crippen LogP contribution in [0.4, 0.5) is 5.69 Å². The molecule has 0 saturated carbocycles. The van der Waals surface area contributed by atoms with Crippen LogP contribution in [0.5, 0.6) is 0 Å². The lowest BCUT2D eigenvalue weighted by molar-refractivity contribution is -0.385. The molecule has 18 heavy (non-hydrogen) atoms. The van der Waals surface area contributed by atoms with E-state index in [4.69, 9.17) is 5.11 Å².